The number of fused-ring (bicyclic) bond motifs is 2. The third-order valence-corrected chi connectivity index (χ3v) is 6.25. The van der Waals surface area contributed by atoms with Gasteiger partial charge in [-0.1, -0.05) is 24.3 Å². The number of benzene rings is 4. The predicted molar refractivity (Wildman–Crippen MR) is 168 cm³/mol. The van der Waals surface area contributed by atoms with Crippen molar-refractivity contribution in [1.29, 1.82) is 0 Å². The van der Waals surface area contributed by atoms with Gasteiger partial charge in [0, 0.05) is 64.9 Å². The predicted octanol–water partition coefficient (Wildman–Crippen LogP) is 6.80. The van der Waals surface area contributed by atoms with Crippen molar-refractivity contribution in [2.75, 3.05) is 33.7 Å². The molecule has 2 N–H and O–H groups in total. The van der Waals surface area contributed by atoms with E-state index in [4.69, 9.17) is 0 Å². The average molecular weight is 941 g/mol. The van der Waals surface area contributed by atoms with Crippen LogP contribution >= 0.6 is 0 Å². The van der Waals surface area contributed by atoms with Crippen LogP contribution in [0.1, 0.15) is 0 Å². The second-order valence-corrected chi connectivity index (χ2v) is 9.07. The minimum Gasteiger partial charge on any atom is -0.504 e. The van der Waals surface area contributed by atoms with Crippen LogP contribution in [0.3, 0.4) is 0 Å². The van der Waals surface area contributed by atoms with Crippen molar-refractivity contribution >= 4 is 34.1 Å². The molecule has 0 radical (unpaired) electrons. The van der Waals surface area contributed by atoms with E-state index in [0.29, 0.717) is 0 Å². The molecule has 0 bridgehead atoms. The number of rotatable bonds is 2. The fraction of sp³-hybridized carbons (Fsp3) is 0.0588. The Balaban J connectivity index is 0.000000177. The molecular weight excluding hydrogens is 911 g/mol. The quantitative estimate of drug-likeness (QED) is 0.187. The minimum atomic E-state index is 0. The summed E-state index contributed by atoms with van der Waals surface area (Å²) < 4.78 is 0. The molecule has 0 atom stereocenters. The van der Waals surface area contributed by atoms with Gasteiger partial charge in [0.25, 0.3) is 0 Å². The van der Waals surface area contributed by atoms with Gasteiger partial charge in [0.05, 0.1) is 0 Å². The van der Waals surface area contributed by atoms with Gasteiger partial charge in [0.15, 0.2) is 0 Å². The van der Waals surface area contributed by atoms with Crippen LogP contribution in [0, 0.1) is 38.1 Å². The number of anilines is 6. The van der Waals surface area contributed by atoms with E-state index >= 15 is 0 Å². The molecule has 0 spiro atoms. The molecule has 232 valence electrons. The van der Waals surface area contributed by atoms with Gasteiger partial charge in [0.1, 0.15) is 0 Å². The third kappa shape index (κ3) is 8.95. The number of para-hydroxylation sites is 6. The van der Waals surface area contributed by atoms with Gasteiger partial charge in [-0.3, -0.25) is 0 Å². The molecular formula is C34H30N8Pt2-6. The number of H-pyrrole nitrogens is 2. The maximum absolute atomic E-state index is 3.54. The summed E-state index contributed by atoms with van der Waals surface area (Å²) in [6.45, 7) is 4.16. The van der Waals surface area contributed by atoms with E-state index in [1.54, 1.807) is 24.8 Å². The second-order valence-electron chi connectivity index (χ2n) is 9.07. The Morgan fingerprint density at radius 3 is 1.23 bits per heavy atom. The zero-order valence-electron chi connectivity index (χ0n) is 24.0. The number of hydrogen-bond acceptors (Lipinski definition) is 6. The first-order chi connectivity index (χ1) is 20.7. The molecule has 0 aliphatic carbocycles. The Bertz CT molecular complexity index is 1430. The fourth-order valence-corrected chi connectivity index (χ4v) is 4.35. The van der Waals surface area contributed by atoms with E-state index in [9.17, 15) is 0 Å². The summed E-state index contributed by atoms with van der Waals surface area (Å²) in [5.74, 6) is 0. The van der Waals surface area contributed by atoms with E-state index < -0.39 is 0 Å². The molecule has 8 nitrogen and oxygen atoms in total. The van der Waals surface area contributed by atoms with E-state index in [1.807, 2.05) is 36.4 Å². The molecule has 0 amide bonds. The van der Waals surface area contributed by atoms with Crippen molar-refractivity contribution in [1.82, 2.24) is 19.9 Å². The van der Waals surface area contributed by atoms with Gasteiger partial charge >= 0.3 is 0 Å². The van der Waals surface area contributed by atoms with Crippen molar-refractivity contribution in [3.05, 3.63) is 160 Å². The molecule has 0 saturated carbocycles. The normalized spacial score (nSPS) is 12.0. The van der Waals surface area contributed by atoms with Gasteiger partial charge in [-0.2, -0.15) is 74.0 Å². The SMILES string of the molecule is CN1[CH-]N(c2[c-]cccc2)c2ccccc21.CN1[CH-]N(c2[c-]cccc2)c2ccccc21.[Pt].[Pt].[c-]1ncc[nH]1.[c-]1ncc[nH]1. The van der Waals surface area contributed by atoms with Gasteiger partial charge in [0.2, 0.25) is 0 Å². The Labute approximate surface area is 288 Å². The Kier molecular flexibility index (Phi) is 14.0. The minimum absolute atomic E-state index is 0. The van der Waals surface area contributed by atoms with Gasteiger partial charge < -0.3 is 39.5 Å². The van der Waals surface area contributed by atoms with Crippen molar-refractivity contribution < 1.29 is 42.1 Å². The number of nitrogens with zero attached hydrogens (tertiary/aromatic N) is 6. The number of nitrogens with one attached hydrogen (secondary N) is 2. The topological polar surface area (TPSA) is 70.3 Å². The summed E-state index contributed by atoms with van der Waals surface area (Å²) in [5, 5.41) is 0. The summed E-state index contributed by atoms with van der Waals surface area (Å²) >= 11 is 0. The molecule has 0 saturated heterocycles. The molecule has 10 heteroatoms. The fourth-order valence-electron chi connectivity index (χ4n) is 4.35. The van der Waals surface area contributed by atoms with E-state index in [2.05, 4.69) is 152 Å². The summed E-state index contributed by atoms with van der Waals surface area (Å²) in [6, 6.07) is 39.2. The number of imidazole rings is 2. The Morgan fingerprint density at radius 1 is 0.545 bits per heavy atom. The molecule has 0 fully saturated rings. The van der Waals surface area contributed by atoms with Crippen LogP contribution in [-0.2, 0) is 42.1 Å². The molecule has 4 heterocycles. The van der Waals surface area contributed by atoms with Gasteiger partial charge in [-0.15, -0.1) is 36.2 Å². The number of hydrogen-bond donors (Lipinski definition) is 2. The van der Waals surface area contributed by atoms with Gasteiger partial charge in [-0.25, -0.2) is 0 Å². The first-order valence-corrected chi connectivity index (χ1v) is 13.3. The monoisotopic (exact) mass is 940 g/mol. The van der Waals surface area contributed by atoms with Gasteiger partial charge in [-0.05, 0) is 51.0 Å². The molecule has 8 rings (SSSR count). The average Bonchev–Trinajstić information content (AvgIpc) is 3.89. The summed E-state index contributed by atoms with van der Waals surface area (Å²) in [5.41, 5.74) is 6.98. The molecule has 2 aliphatic rings. The second kappa shape index (κ2) is 17.9. The van der Waals surface area contributed by atoms with Crippen molar-refractivity contribution in [2.45, 2.75) is 0 Å². The van der Waals surface area contributed by atoms with Crippen LogP contribution in [0.5, 0.6) is 0 Å². The summed E-state index contributed by atoms with van der Waals surface area (Å²) in [6.07, 6.45) is 11.7. The molecule has 2 aromatic heterocycles. The zero-order valence-corrected chi connectivity index (χ0v) is 28.6. The number of aromatic amines is 2. The first kappa shape index (κ1) is 34.4. The van der Waals surface area contributed by atoms with Crippen molar-refractivity contribution in [2.24, 2.45) is 0 Å². The number of aromatic nitrogens is 4. The van der Waals surface area contributed by atoms with Crippen molar-refractivity contribution in [3.8, 4) is 0 Å². The molecule has 2 aliphatic heterocycles. The van der Waals surface area contributed by atoms with Crippen LogP contribution in [0.25, 0.3) is 0 Å². The van der Waals surface area contributed by atoms with E-state index in [-0.39, 0.29) is 42.1 Å². The standard InChI is InChI=1S/2C14H12N2.2C3H3N2.2Pt/c2*1-15-11-16(12-7-3-2-4-8-12)14-10-6-5-9-13(14)15;2*1-2-5-3-4-1;;/h2*2-7,9-11H,1H3;2*1-2H,(H,4,5);;/q2*-2;2*-1;;. The van der Waals surface area contributed by atoms with Crippen molar-refractivity contribution in [3.63, 3.8) is 0 Å². The third-order valence-electron chi connectivity index (χ3n) is 6.25. The Hall–Kier alpha value is -4.12. The van der Waals surface area contributed by atoms with Crippen LogP contribution in [0.15, 0.2) is 122 Å². The van der Waals surface area contributed by atoms with E-state index in [0.717, 1.165) is 11.4 Å². The van der Waals surface area contributed by atoms with Crippen LogP contribution in [0.2, 0.25) is 0 Å². The maximum Gasteiger partial charge on any atom is 0.0326 e. The first-order valence-electron chi connectivity index (χ1n) is 13.3. The largest absolute Gasteiger partial charge is 0.504 e. The molecule has 6 aromatic rings. The summed E-state index contributed by atoms with van der Waals surface area (Å²) in [4.78, 5) is 20.9. The smallest absolute Gasteiger partial charge is 0.0326 e. The molecule has 44 heavy (non-hydrogen) atoms. The maximum atomic E-state index is 3.54. The zero-order chi connectivity index (χ0) is 29.0. The van der Waals surface area contributed by atoms with Crippen LogP contribution in [0.4, 0.5) is 34.1 Å². The summed E-state index contributed by atoms with van der Waals surface area (Å²) in [7, 11) is 4.11. The molecule has 4 aromatic carbocycles. The van der Waals surface area contributed by atoms with Crippen LogP contribution < -0.4 is 19.6 Å². The molecule has 0 unspecified atom stereocenters. The van der Waals surface area contributed by atoms with Crippen LogP contribution in [-0.4, -0.2) is 34.0 Å². The Morgan fingerprint density at radius 2 is 0.932 bits per heavy atom. The van der Waals surface area contributed by atoms with E-state index in [1.165, 1.54) is 22.7 Å².